The summed E-state index contributed by atoms with van der Waals surface area (Å²) in [4.78, 5) is 12.4. The van der Waals surface area contributed by atoms with Crippen molar-refractivity contribution in [3.05, 3.63) is 24.0 Å². The Kier molecular flexibility index (Phi) is 4.04. The van der Waals surface area contributed by atoms with Crippen molar-refractivity contribution in [3.63, 3.8) is 0 Å². The standard InChI is InChI=1S/C14H19FN2O2/c1-3-14(6-7-16-9-14)13(18)17-10-4-5-11(15)12(8-10)19-2/h4-5,8,16H,3,6-7,9H2,1-2H3,(H,17,18). The molecule has 1 aromatic carbocycles. The van der Waals surface area contributed by atoms with Crippen LogP contribution in [0.15, 0.2) is 18.2 Å². The van der Waals surface area contributed by atoms with E-state index in [1.54, 1.807) is 6.07 Å². The minimum Gasteiger partial charge on any atom is -0.494 e. The van der Waals surface area contributed by atoms with Gasteiger partial charge < -0.3 is 15.4 Å². The van der Waals surface area contributed by atoms with Crippen molar-refractivity contribution >= 4 is 11.6 Å². The van der Waals surface area contributed by atoms with Gasteiger partial charge in [-0.2, -0.15) is 0 Å². The molecule has 4 nitrogen and oxygen atoms in total. The summed E-state index contributed by atoms with van der Waals surface area (Å²) in [5.74, 6) is -0.324. The number of carbonyl (C=O) groups is 1. The third-order valence-electron chi connectivity index (χ3n) is 3.81. The predicted octanol–water partition coefficient (Wildman–Crippen LogP) is 2.16. The molecule has 1 fully saturated rings. The topological polar surface area (TPSA) is 50.4 Å². The third kappa shape index (κ3) is 2.71. The largest absolute Gasteiger partial charge is 0.494 e. The van der Waals surface area contributed by atoms with Crippen LogP contribution in [0.3, 0.4) is 0 Å². The lowest BCUT2D eigenvalue weighted by molar-refractivity contribution is -0.124. The molecule has 0 bridgehead atoms. The van der Waals surface area contributed by atoms with Crippen LogP contribution in [-0.4, -0.2) is 26.1 Å². The SMILES string of the molecule is CCC1(C(=O)Nc2ccc(F)c(OC)c2)CCNC1. The number of nitrogens with one attached hydrogen (secondary N) is 2. The summed E-state index contributed by atoms with van der Waals surface area (Å²) in [6.07, 6.45) is 1.61. The summed E-state index contributed by atoms with van der Waals surface area (Å²) in [5, 5.41) is 6.07. The summed E-state index contributed by atoms with van der Waals surface area (Å²) in [6, 6.07) is 4.33. The predicted molar refractivity (Wildman–Crippen MR) is 71.8 cm³/mol. The fourth-order valence-corrected chi connectivity index (χ4v) is 2.40. The van der Waals surface area contributed by atoms with Gasteiger partial charge in [0.2, 0.25) is 5.91 Å². The molecule has 5 heteroatoms. The van der Waals surface area contributed by atoms with E-state index in [0.29, 0.717) is 12.2 Å². The molecule has 1 aromatic rings. The summed E-state index contributed by atoms with van der Waals surface area (Å²) >= 11 is 0. The van der Waals surface area contributed by atoms with Crippen LogP contribution in [0, 0.1) is 11.2 Å². The van der Waals surface area contributed by atoms with Crippen LogP contribution in [0.1, 0.15) is 19.8 Å². The third-order valence-corrected chi connectivity index (χ3v) is 3.81. The van der Waals surface area contributed by atoms with E-state index in [9.17, 15) is 9.18 Å². The fourth-order valence-electron chi connectivity index (χ4n) is 2.40. The number of carbonyl (C=O) groups excluding carboxylic acids is 1. The minimum absolute atomic E-state index is 0.0198. The Labute approximate surface area is 112 Å². The summed E-state index contributed by atoms with van der Waals surface area (Å²) in [6.45, 7) is 3.56. The van der Waals surface area contributed by atoms with E-state index in [1.807, 2.05) is 6.92 Å². The first-order valence-electron chi connectivity index (χ1n) is 6.47. The molecule has 0 aliphatic carbocycles. The highest BCUT2D eigenvalue weighted by molar-refractivity contribution is 5.95. The lowest BCUT2D eigenvalue weighted by Gasteiger charge is -2.25. The Hall–Kier alpha value is -1.62. The monoisotopic (exact) mass is 266 g/mol. The number of benzene rings is 1. The molecule has 19 heavy (non-hydrogen) atoms. The first-order valence-corrected chi connectivity index (χ1v) is 6.47. The van der Waals surface area contributed by atoms with Gasteiger partial charge in [-0.1, -0.05) is 6.92 Å². The zero-order chi connectivity index (χ0) is 13.9. The van der Waals surface area contributed by atoms with Crippen LogP contribution < -0.4 is 15.4 Å². The number of hydrogen-bond donors (Lipinski definition) is 2. The van der Waals surface area contributed by atoms with Crippen LogP contribution in [-0.2, 0) is 4.79 Å². The first kappa shape index (κ1) is 13.8. The van der Waals surface area contributed by atoms with Crippen molar-refractivity contribution in [2.45, 2.75) is 19.8 Å². The normalized spacial score (nSPS) is 22.3. The van der Waals surface area contributed by atoms with Crippen LogP contribution >= 0.6 is 0 Å². The molecule has 1 aliphatic heterocycles. The van der Waals surface area contributed by atoms with Crippen LogP contribution in [0.25, 0.3) is 0 Å². The minimum atomic E-state index is -0.437. The van der Waals surface area contributed by atoms with Crippen molar-refractivity contribution in [2.75, 3.05) is 25.5 Å². The van der Waals surface area contributed by atoms with Crippen LogP contribution in [0.5, 0.6) is 5.75 Å². The van der Waals surface area contributed by atoms with Crippen molar-refractivity contribution in [3.8, 4) is 5.75 Å². The average molecular weight is 266 g/mol. The van der Waals surface area contributed by atoms with Crippen molar-refractivity contribution in [2.24, 2.45) is 5.41 Å². The molecular weight excluding hydrogens is 247 g/mol. The molecule has 0 spiro atoms. The van der Waals surface area contributed by atoms with E-state index in [4.69, 9.17) is 4.74 Å². The highest BCUT2D eigenvalue weighted by Crippen LogP contribution is 2.31. The Morgan fingerprint density at radius 3 is 2.95 bits per heavy atom. The molecule has 2 rings (SSSR count). The van der Waals surface area contributed by atoms with Crippen LogP contribution in [0.2, 0.25) is 0 Å². The second-order valence-electron chi connectivity index (χ2n) is 4.86. The molecule has 1 saturated heterocycles. The quantitative estimate of drug-likeness (QED) is 0.878. The zero-order valence-electron chi connectivity index (χ0n) is 11.3. The number of halogens is 1. The number of hydrogen-bond acceptors (Lipinski definition) is 3. The van der Waals surface area contributed by atoms with Gasteiger partial charge in [-0.3, -0.25) is 4.79 Å². The van der Waals surface area contributed by atoms with Gasteiger partial charge in [-0.05, 0) is 31.5 Å². The Morgan fingerprint density at radius 1 is 1.58 bits per heavy atom. The molecule has 1 heterocycles. The Bertz CT molecular complexity index is 471. The van der Waals surface area contributed by atoms with Gasteiger partial charge in [-0.15, -0.1) is 0 Å². The van der Waals surface area contributed by atoms with Gasteiger partial charge in [0.15, 0.2) is 11.6 Å². The Morgan fingerprint density at radius 2 is 2.37 bits per heavy atom. The second-order valence-corrected chi connectivity index (χ2v) is 4.86. The second kappa shape index (κ2) is 5.57. The molecule has 1 amide bonds. The number of ether oxygens (including phenoxy) is 1. The first-order chi connectivity index (χ1) is 9.11. The van der Waals surface area contributed by atoms with E-state index in [0.717, 1.165) is 19.4 Å². The maximum atomic E-state index is 13.3. The maximum absolute atomic E-state index is 13.3. The van der Waals surface area contributed by atoms with Crippen molar-refractivity contribution < 1.29 is 13.9 Å². The number of methoxy groups -OCH3 is 1. The fraction of sp³-hybridized carbons (Fsp3) is 0.500. The van der Waals surface area contributed by atoms with Gasteiger partial charge in [-0.25, -0.2) is 4.39 Å². The number of anilines is 1. The zero-order valence-corrected chi connectivity index (χ0v) is 11.3. The van der Waals surface area contributed by atoms with E-state index in [-0.39, 0.29) is 17.1 Å². The smallest absolute Gasteiger partial charge is 0.231 e. The lowest BCUT2D eigenvalue weighted by atomic mass is 9.83. The molecular formula is C14H19FN2O2. The molecule has 0 aromatic heterocycles. The van der Waals surface area contributed by atoms with Gasteiger partial charge in [0.1, 0.15) is 0 Å². The maximum Gasteiger partial charge on any atom is 0.231 e. The lowest BCUT2D eigenvalue weighted by Crippen LogP contribution is -2.37. The van der Waals surface area contributed by atoms with E-state index < -0.39 is 5.82 Å². The molecule has 1 aliphatic rings. The average Bonchev–Trinajstić information content (AvgIpc) is 2.91. The highest BCUT2D eigenvalue weighted by Gasteiger charge is 2.39. The highest BCUT2D eigenvalue weighted by atomic mass is 19.1. The molecule has 0 radical (unpaired) electrons. The van der Waals surface area contributed by atoms with Gasteiger partial charge >= 0.3 is 0 Å². The van der Waals surface area contributed by atoms with Gasteiger partial charge in [0, 0.05) is 18.3 Å². The van der Waals surface area contributed by atoms with E-state index >= 15 is 0 Å². The van der Waals surface area contributed by atoms with E-state index in [1.165, 1.54) is 19.2 Å². The molecule has 1 unspecified atom stereocenters. The van der Waals surface area contributed by atoms with Crippen molar-refractivity contribution in [1.29, 1.82) is 0 Å². The summed E-state index contributed by atoms with van der Waals surface area (Å²) in [7, 11) is 1.40. The number of amides is 1. The van der Waals surface area contributed by atoms with E-state index in [2.05, 4.69) is 10.6 Å². The van der Waals surface area contributed by atoms with Gasteiger partial charge in [0.25, 0.3) is 0 Å². The molecule has 1 atom stereocenters. The van der Waals surface area contributed by atoms with Gasteiger partial charge in [0.05, 0.1) is 12.5 Å². The summed E-state index contributed by atoms with van der Waals surface area (Å²) < 4.78 is 18.2. The Balaban J connectivity index is 2.14. The molecule has 104 valence electrons. The van der Waals surface area contributed by atoms with Crippen LogP contribution in [0.4, 0.5) is 10.1 Å². The number of rotatable bonds is 4. The molecule has 2 N–H and O–H groups in total. The summed E-state index contributed by atoms with van der Waals surface area (Å²) in [5.41, 5.74) is 0.199. The van der Waals surface area contributed by atoms with Crippen molar-refractivity contribution in [1.82, 2.24) is 5.32 Å². The molecule has 0 saturated carbocycles.